The lowest BCUT2D eigenvalue weighted by Gasteiger charge is -2.21. The van der Waals surface area contributed by atoms with Crippen LogP contribution in [0, 0.1) is 0 Å². The SMILES string of the molecule is O=S(=O)(NN1CCCCCC1)C(F)(F)F. The van der Waals surface area contributed by atoms with Gasteiger partial charge in [0.15, 0.2) is 0 Å². The molecular weight excluding hydrogens is 233 g/mol. The van der Waals surface area contributed by atoms with Gasteiger partial charge >= 0.3 is 15.5 Å². The molecule has 0 spiro atoms. The van der Waals surface area contributed by atoms with Crippen molar-refractivity contribution in [2.75, 3.05) is 13.1 Å². The first-order chi connectivity index (χ1) is 6.83. The van der Waals surface area contributed by atoms with Gasteiger partial charge in [-0.1, -0.05) is 12.8 Å². The molecule has 0 aromatic rings. The number of nitrogens with one attached hydrogen (secondary N) is 1. The summed E-state index contributed by atoms with van der Waals surface area (Å²) in [7, 11) is -5.24. The monoisotopic (exact) mass is 246 g/mol. The molecule has 1 aliphatic heterocycles. The smallest absolute Gasteiger partial charge is 0.231 e. The van der Waals surface area contributed by atoms with E-state index in [4.69, 9.17) is 0 Å². The first kappa shape index (κ1) is 12.7. The first-order valence-corrected chi connectivity index (χ1v) is 6.15. The van der Waals surface area contributed by atoms with Crippen LogP contribution in [-0.4, -0.2) is 32.0 Å². The Balaban J connectivity index is 2.60. The second kappa shape index (κ2) is 4.67. The normalized spacial score (nSPS) is 21.3. The molecule has 0 aliphatic carbocycles. The van der Waals surface area contributed by atoms with Crippen LogP contribution in [0.4, 0.5) is 13.2 Å². The van der Waals surface area contributed by atoms with Crippen LogP contribution in [0.1, 0.15) is 25.7 Å². The number of hydrogen-bond acceptors (Lipinski definition) is 3. The summed E-state index contributed by atoms with van der Waals surface area (Å²) in [4.78, 5) is 1.56. The molecule has 90 valence electrons. The minimum absolute atomic E-state index is 0.329. The maximum Gasteiger partial charge on any atom is 0.512 e. The van der Waals surface area contributed by atoms with Crippen LogP contribution in [0.25, 0.3) is 0 Å². The lowest BCUT2D eigenvalue weighted by molar-refractivity contribution is -0.0470. The molecule has 0 unspecified atom stereocenters. The second-order valence-electron chi connectivity index (χ2n) is 3.44. The predicted molar refractivity (Wildman–Crippen MR) is 48.2 cm³/mol. The molecule has 8 heteroatoms. The summed E-state index contributed by atoms with van der Waals surface area (Å²) in [6.07, 6.45) is 3.26. The Kier molecular flexibility index (Phi) is 3.96. The largest absolute Gasteiger partial charge is 0.512 e. The summed E-state index contributed by atoms with van der Waals surface area (Å²) in [5.41, 5.74) is -5.24. The van der Waals surface area contributed by atoms with Gasteiger partial charge in [0.05, 0.1) is 0 Å². The lowest BCUT2D eigenvalue weighted by atomic mass is 10.2. The molecule has 0 aromatic heterocycles. The molecule has 15 heavy (non-hydrogen) atoms. The number of rotatable bonds is 2. The molecule has 0 radical (unpaired) electrons. The fourth-order valence-electron chi connectivity index (χ4n) is 1.38. The highest BCUT2D eigenvalue weighted by Crippen LogP contribution is 2.22. The van der Waals surface area contributed by atoms with Gasteiger partial charge in [0, 0.05) is 13.1 Å². The number of alkyl halides is 3. The van der Waals surface area contributed by atoms with Crippen molar-refractivity contribution >= 4 is 10.0 Å². The van der Waals surface area contributed by atoms with Crippen molar-refractivity contribution in [3.05, 3.63) is 0 Å². The third kappa shape index (κ3) is 3.62. The Morgan fingerprint density at radius 3 is 1.87 bits per heavy atom. The van der Waals surface area contributed by atoms with Gasteiger partial charge in [0.25, 0.3) is 0 Å². The van der Waals surface area contributed by atoms with Crippen molar-refractivity contribution in [1.82, 2.24) is 9.84 Å². The number of halogens is 3. The minimum Gasteiger partial charge on any atom is -0.231 e. The molecule has 0 atom stereocenters. The van der Waals surface area contributed by atoms with Crippen LogP contribution < -0.4 is 4.83 Å². The standard InChI is InChI=1S/C7H13F3N2O2S/c8-7(9,10)15(13,14)11-12-5-3-1-2-4-6-12/h11H,1-6H2. The predicted octanol–water partition coefficient (Wildman–Crippen LogP) is 1.22. The van der Waals surface area contributed by atoms with Crippen LogP contribution in [0.3, 0.4) is 0 Å². The Hall–Kier alpha value is -0.340. The fourth-order valence-corrected chi connectivity index (χ4v) is 2.01. The van der Waals surface area contributed by atoms with Crippen LogP contribution in [-0.2, 0) is 10.0 Å². The van der Waals surface area contributed by atoms with Crippen LogP contribution in [0.15, 0.2) is 0 Å². The van der Waals surface area contributed by atoms with Gasteiger partial charge in [-0.25, -0.2) is 13.4 Å². The van der Waals surface area contributed by atoms with E-state index in [9.17, 15) is 21.6 Å². The third-order valence-corrected chi connectivity index (χ3v) is 3.27. The van der Waals surface area contributed by atoms with E-state index >= 15 is 0 Å². The van der Waals surface area contributed by atoms with Crippen molar-refractivity contribution in [3.8, 4) is 0 Å². The Labute approximate surface area is 86.5 Å². The van der Waals surface area contributed by atoms with E-state index in [1.807, 2.05) is 0 Å². The van der Waals surface area contributed by atoms with E-state index in [0.29, 0.717) is 25.9 Å². The fraction of sp³-hybridized carbons (Fsp3) is 1.00. The van der Waals surface area contributed by atoms with Crippen molar-refractivity contribution in [2.45, 2.75) is 31.2 Å². The molecule has 0 aromatic carbocycles. The number of hydrazine groups is 1. The van der Waals surface area contributed by atoms with Gasteiger partial charge in [-0.2, -0.15) is 13.2 Å². The first-order valence-electron chi connectivity index (χ1n) is 4.66. The molecular formula is C7H13F3N2O2S. The summed E-state index contributed by atoms with van der Waals surface area (Å²) in [5.74, 6) is 0. The van der Waals surface area contributed by atoms with Gasteiger partial charge in [-0.15, -0.1) is 4.83 Å². The van der Waals surface area contributed by atoms with Crippen molar-refractivity contribution in [1.29, 1.82) is 0 Å². The van der Waals surface area contributed by atoms with Crippen molar-refractivity contribution < 1.29 is 21.6 Å². The van der Waals surface area contributed by atoms with E-state index in [-0.39, 0.29) is 0 Å². The van der Waals surface area contributed by atoms with Crippen molar-refractivity contribution in [2.24, 2.45) is 0 Å². The number of hydrogen-bond donors (Lipinski definition) is 1. The van der Waals surface area contributed by atoms with Crippen LogP contribution in [0.5, 0.6) is 0 Å². The maximum absolute atomic E-state index is 12.0. The second-order valence-corrected chi connectivity index (χ2v) is 5.09. The summed E-state index contributed by atoms with van der Waals surface area (Å²) in [6.45, 7) is 0.657. The molecule has 1 N–H and O–H groups in total. The number of sulfonamides is 1. The van der Waals surface area contributed by atoms with Gasteiger partial charge in [-0.05, 0) is 12.8 Å². The topological polar surface area (TPSA) is 49.4 Å². The lowest BCUT2D eigenvalue weighted by Crippen LogP contribution is -2.47. The third-order valence-electron chi connectivity index (χ3n) is 2.16. The van der Waals surface area contributed by atoms with Gasteiger partial charge < -0.3 is 0 Å². The van der Waals surface area contributed by atoms with Crippen LogP contribution in [0.2, 0.25) is 0 Å². The summed E-state index contributed by atoms with van der Waals surface area (Å²) >= 11 is 0. The van der Waals surface area contributed by atoms with Gasteiger partial charge in [-0.3, -0.25) is 0 Å². The molecule has 1 saturated heterocycles. The van der Waals surface area contributed by atoms with Crippen LogP contribution >= 0.6 is 0 Å². The van der Waals surface area contributed by atoms with E-state index in [0.717, 1.165) is 17.9 Å². The van der Waals surface area contributed by atoms with Gasteiger partial charge in [0.1, 0.15) is 0 Å². The molecule has 1 rings (SSSR count). The zero-order valence-electron chi connectivity index (χ0n) is 8.05. The van der Waals surface area contributed by atoms with E-state index in [2.05, 4.69) is 0 Å². The Bertz CT molecular complexity index is 294. The molecule has 0 bridgehead atoms. The zero-order valence-corrected chi connectivity index (χ0v) is 8.86. The summed E-state index contributed by atoms with van der Waals surface area (Å²) < 4.78 is 57.5. The highest BCUT2D eigenvalue weighted by Gasteiger charge is 2.46. The summed E-state index contributed by atoms with van der Waals surface area (Å²) in [5, 5.41) is 1.12. The molecule has 1 fully saturated rings. The quantitative estimate of drug-likeness (QED) is 0.797. The van der Waals surface area contributed by atoms with E-state index < -0.39 is 15.5 Å². The zero-order chi connectivity index (χ0) is 11.5. The highest BCUT2D eigenvalue weighted by molar-refractivity contribution is 7.90. The molecule has 1 heterocycles. The summed E-state index contributed by atoms with van der Waals surface area (Å²) in [6, 6.07) is 0. The maximum atomic E-state index is 12.0. The minimum atomic E-state index is -5.24. The average Bonchev–Trinajstić information content (AvgIpc) is 2.30. The molecule has 4 nitrogen and oxygen atoms in total. The molecule has 1 aliphatic rings. The molecule has 0 amide bonds. The Morgan fingerprint density at radius 1 is 1.00 bits per heavy atom. The van der Waals surface area contributed by atoms with E-state index in [1.54, 1.807) is 4.83 Å². The highest BCUT2D eigenvalue weighted by atomic mass is 32.2. The van der Waals surface area contributed by atoms with E-state index in [1.165, 1.54) is 0 Å². The average molecular weight is 246 g/mol. The Morgan fingerprint density at radius 2 is 1.47 bits per heavy atom. The number of nitrogens with zero attached hydrogens (tertiary/aromatic N) is 1. The molecule has 0 saturated carbocycles. The van der Waals surface area contributed by atoms with Crippen molar-refractivity contribution in [3.63, 3.8) is 0 Å². The van der Waals surface area contributed by atoms with Gasteiger partial charge in [0.2, 0.25) is 0 Å².